The van der Waals surface area contributed by atoms with Gasteiger partial charge in [0.25, 0.3) is 0 Å². The van der Waals surface area contributed by atoms with Crippen molar-refractivity contribution in [3.8, 4) is 5.75 Å². The number of para-hydroxylation sites is 1. The summed E-state index contributed by atoms with van der Waals surface area (Å²) in [5.74, 6) is -0.335. The minimum absolute atomic E-state index is 0.287. The zero-order valence-corrected chi connectivity index (χ0v) is 10.8. The van der Waals surface area contributed by atoms with Gasteiger partial charge in [0.05, 0.1) is 0 Å². The summed E-state index contributed by atoms with van der Waals surface area (Å²) in [7, 11) is 0. The van der Waals surface area contributed by atoms with Crippen molar-refractivity contribution in [2.24, 2.45) is 0 Å². The number of benzene rings is 1. The molecule has 1 aromatic carbocycles. The van der Waals surface area contributed by atoms with Crippen molar-refractivity contribution in [3.63, 3.8) is 0 Å². The van der Waals surface area contributed by atoms with Gasteiger partial charge >= 0.3 is 5.97 Å². The molecule has 0 amide bonds. The Bertz CT molecular complexity index is 282. The van der Waals surface area contributed by atoms with Crippen LogP contribution in [0.5, 0.6) is 5.75 Å². The molecule has 1 aromatic rings. The van der Waals surface area contributed by atoms with E-state index in [0.29, 0.717) is 5.75 Å². The van der Waals surface area contributed by atoms with Crippen molar-refractivity contribution < 1.29 is 14.6 Å². The highest BCUT2D eigenvalue weighted by Crippen LogP contribution is 2.15. The van der Waals surface area contributed by atoms with Crippen LogP contribution in [0.2, 0.25) is 0 Å². The van der Waals surface area contributed by atoms with E-state index in [0.717, 1.165) is 5.56 Å². The molecule has 0 aliphatic rings. The molecule has 3 heteroatoms. The highest BCUT2D eigenvalue weighted by molar-refractivity contribution is 5.68. The number of aryl methyl sites for hydroxylation is 1. The maximum atomic E-state index is 10.2. The molecule has 0 bridgehead atoms. The number of aliphatic carboxylic acids is 1. The number of hydrogen-bond acceptors (Lipinski definition) is 2. The average molecular weight is 226 g/mol. The Morgan fingerprint density at radius 3 is 2.12 bits per heavy atom. The van der Waals surface area contributed by atoms with Gasteiger partial charge < -0.3 is 9.84 Å². The van der Waals surface area contributed by atoms with E-state index in [2.05, 4.69) is 0 Å². The van der Waals surface area contributed by atoms with Gasteiger partial charge in [-0.1, -0.05) is 45.9 Å². The third-order valence-electron chi connectivity index (χ3n) is 1.44. The third kappa shape index (κ3) is 7.85. The second-order valence-corrected chi connectivity index (χ2v) is 2.45. The van der Waals surface area contributed by atoms with Gasteiger partial charge in [-0.15, -0.1) is 0 Å². The molecular formula is C13H22O3. The fourth-order valence-corrected chi connectivity index (χ4v) is 0.858. The fourth-order valence-electron chi connectivity index (χ4n) is 0.858. The van der Waals surface area contributed by atoms with Crippen LogP contribution >= 0.6 is 0 Å². The first-order chi connectivity index (χ1) is 7.70. The maximum absolute atomic E-state index is 10.2. The highest BCUT2D eigenvalue weighted by Gasteiger charge is 2.00. The van der Waals surface area contributed by atoms with Crippen LogP contribution in [0.3, 0.4) is 0 Å². The van der Waals surface area contributed by atoms with E-state index in [1.165, 1.54) is 0 Å². The summed E-state index contributed by atoms with van der Waals surface area (Å²) in [6.45, 7) is 9.59. The summed E-state index contributed by atoms with van der Waals surface area (Å²) < 4.78 is 5.00. The second-order valence-electron chi connectivity index (χ2n) is 2.45. The minimum atomic E-state index is -0.960. The molecule has 0 aromatic heterocycles. The number of ether oxygens (including phenoxy) is 1. The Kier molecular flexibility index (Phi) is 12.2. The smallest absolute Gasteiger partial charge is 0.341 e. The molecule has 0 aliphatic carbocycles. The van der Waals surface area contributed by atoms with Crippen molar-refractivity contribution >= 4 is 5.97 Å². The number of rotatable bonds is 3. The van der Waals surface area contributed by atoms with Gasteiger partial charge in [-0.25, -0.2) is 4.79 Å². The van der Waals surface area contributed by atoms with E-state index in [-0.39, 0.29) is 6.61 Å². The van der Waals surface area contributed by atoms with Gasteiger partial charge in [0.15, 0.2) is 6.61 Å². The van der Waals surface area contributed by atoms with Gasteiger partial charge in [0.2, 0.25) is 0 Å². The molecule has 92 valence electrons. The molecule has 3 nitrogen and oxygen atoms in total. The van der Waals surface area contributed by atoms with Crippen LogP contribution in [0.25, 0.3) is 0 Å². The van der Waals surface area contributed by atoms with Crippen LogP contribution in [0.15, 0.2) is 24.3 Å². The Morgan fingerprint density at radius 1 is 1.19 bits per heavy atom. The molecule has 16 heavy (non-hydrogen) atoms. The third-order valence-corrected chi connectivity index (χ3v) is 1.44. The number of carbonyl (C=O) groups is 1. The molecule has 0 saturated heterocycles. The molecule has 0 atom stereocenters. The number of carboxylic acids is 1. The fraction of sp³-hybridized carbons (Fsp3) is 0.462. The van der Waals surface area contributed by atoms with Crippen molar-refractivity contribution in [1.29, 1.82) is 0 Å². The van der Waals surface area contributed by atoms with Gasteiger partial charge in [-0.3, -0.25) is 0 Å². The first-order valence-electron chi connectivity index (χ1n) is 5.60. The van der Waals surface area contributed by atoms with E-state index in [1.807, 2.05) is 52.8 Å². The molecule has 1 rings (SSSR count). The molecule has 0 fully saturated rings. The predicted octanol–water partition coefficient (Wildman–Crippen LogP) is 3.51. The van der Waals surface area contributed by atoms with Crippen molar-refractivity contribution in [1.82, 2.24) is 0 Å². The van der Waals surface area contributed by atoms with Gasteiger partial charge in [0.1, 0.15) is 5.75 Å². The summed E-state index contributed by atoms with van der Waals surface area (Å²) in [5.41, 5.74) is 0.943. The zero-order valence-electron chi connectivity index (χ0n) is 10.8. The van der Waals surface area contributed by atoms with Crippen LogP contribution in [-0.2, 0) is 4.79 Å². The largest absolute Gasteiger partial charge is 0.482 e. The Labute approximate surface area is 98.1 Å². The minimum Gasteiger partial charge on any atom is -0.482 e. The van der Waals surface area contributed by atoms with Gasteiger partial charge in [0, 0.05) is 0 Å². The molecule has 0 heterocycles. The van der Waals surface area contributed by atoms with Gasteiger partial charge in [-0.05, 0) is 18.6 Å². The quantitative estimate of drug-likeness (QED) is 0.857. The first-order valence-corrected chi connectivity index (χ1v) is 5.60. The predicted molar refractivity (Wildman–Crippen MR) is 67.0 cm³/mol. The lowest BCUT2D eigenvalue weighted by atomic mass is 10.2. The average Bonchev–Trinajstić information content (AvgIpc) is 2.33. The SMILES string of the molecule is CC.CC.Cc1ccccc1OCC(=O)O. The van der Waals surface area contributed by atoms with Crippen molar-refractivity contribution in [2.45, 2.75) is 34.6 Å². The molecular weight excluding hydrogens is 204 g/mol. The van der Waals surface area contributed by atoms with Crippen LogP contribution in [0.1, 0.15) is 33.3 Å². The summed E-state index contributed by atoms with van der Waals surface area (Å²) in [6.07, 6.45) is 0. The highest BCUT2D eigenvalue weighted by atomic mass is 16.5. The van der Waals surface area contributed by atoms with Crippen LogP contribution in [0, 0.1) is 6.92 Å². The Hall–Kier alpha value is -1.51. The van der Waals surface area contributed by atoms with Gasteiger partial charge in [-0.2, -0.15) is 0 Å². The lowest BCUT2D eigenvalue weighted by Crippen LogP contribution is -2.09. The van der Waals surface area contributed by atoms with E-state index in [1.54, 1.807) is 6.07 Å². The topological polar surface area (TPSA) is 46.5 Å². The van der Waals surface area contributed by atoms with E-state index in [9.17, 15) is 4.79 Å². The summed E-state index contributed by atoms with van der Waals surface area (Å²) >= 11 is 0. The lowest BCUT2D eigenvalue weighted by Gasteiger charge is -2.04. The second kappa shape index (κ2) is 11.6. The van der Waals surface area contributed by atoms with Crippen LogP contribution in [-0.4, -0.2) is 17.7 Å². The van der Waals surface area contributed by atoms with E-state index >= 15 is 0 Å². The van der Waals surface area contributed by atoms with Crippen molar-refractivity contribution in [2.75, 3.05) is 6.61 Å². The molecule has 0 aliphatic heterocycles. The zero-order chi connectivity index (χ0) is 13.0. The summed E-state index contributed by atoms with van der Waals surface area (Å²) in [5, 5.41) is 8.34. The normalized spacial score (nSPS) is 7.81. The molecule has 0 radical (unpaired) electrons. The summed E-state index contributed by atoms with van der Waals surface area (Å²) in [6, 6.07) is 7.31. The molecule has 0 saturated carbocycles. The standard InChI is InChI=1S/C9H10O3.2C2H6/c1-7-4-2-3-5-8(7)12-6-9(10)11;2*1-2/h2-5H,6H2,1H3,(H,10,11);2*1-2H3. The van der Waals surface area contributed by atoms with E-state index in [4.69, 9.17) is 9.84 Å². The van der Waals surface area contributed by atoms with E-state index < -0.39 is 5.97 Å². The Morgan fingerprint density at radius 2 is 1.69 bits per heavy atom. The molecule has 0 unspecified atom stereocenters. The van der Waals surface area contributed by atoms with Crippen LogP contribution < -0.4 is 4.74 Å². The summed E-state index contributed by atoms with van der Waals surface area (Å²) in [4.78, 5) is 10.2. The monoisotopic (exact) mass is 226 g/mol. The molecule has 0 spiro atoms. The Balaban J connectivity index is 0. The van der Waals surface area contributed by atoms with Crippen molar-refractivity contribution in [3.05, 3.63) is 29.8 Å². The first kappa shape index (κ1) is 16.9. The maximum Gasteiger partial charge on any atom is 0.341 e. The van der Waals surface area contributed by atoms with Crippen LogP contribution in [0.4, 0.5) is 0 Å². The lowest BCUT2D eigenvalue weighted by molar-refractivity contribution is -0.139. The number of hydrogen-bond donors (Lipinski definition) is 1. The molecule has 1 N–H and O–H groups in total. The number of carboxylic acid groups (broad SMARTS) is 1.